The van der Waals surface area contributed by atoms with E-state index in [1.807, 2.05) is 25.1 Å². The first kappa shape index (κ1) is 15.4. The zero-order valence-corrected chi connectivity index (χ0v) is 13.3. The molecule has 0 aliphatic carbocycles. The van der Waals surface area contributed by atoms with Gasteiger partial charge < -0.3 is 9.80 Å². The third-order valence-electron chi connectivity index (χ3n) is 4.24. The predicted octanol–water partition coefficient (Wildman–Crippen LogP) is 1.34. The van der Waals surface area contributed by atoms with Gasteiger partial charge in [0.25, 0.3) is 5.56 Å². The van der Waals surface area contributed by atoms with Crippen molar-refractivity contribution < 1.29 is 0 Å². The maximum atomic E-state index is 12.1. The van der Waals surface area contributed by atoms with Crippen LogP contribution in [0.3, 0.4) is 0 Å². The highest BCUT2D eigenvalue weighted by Gasteiger charge is 2.21. The molecule has 0 amide bonds. The lowest BCUT2D eigenvalue weighted by Gasteiger charge is -2.37. The summed E-state index contributed by atoms with van der Waals surface area (Å²) < 4.78 is 0. The minimum absolute atomic E-state index is 0.268. The van der Waals surface area contributed by atoms with Crippen LogP contribution in [-0.2, 0) is 6.42 Å². The van der Waals surface area contributed by atoms with Crippen LogP contribution in [-0.4, -0.2) is 36.1 Å². The molecule has 0 atom stereocenters. The lowest BCUT2D eigenvalue weighted by Crippen LogP contribution is -2.48. The van der Waals surface area contributed by atoms with Crippen LogP contribution in [0.15, 0.2) is 39.9 Å². The number of nitrogens with zero attached hydrogens (tertiary/aromatic N) is 2. The van der Waals surface area contributed by atoms with E-state index in [1.54, 1.807) is 0 Å². The van der Waals surface area contributed by atoms with Crippen LogP contribution in [0.25, 0.3) is 0 Å². The van der Waals surface area contributed by atoms with Gasteiger partial charge >= 0.3 is 5.69 Å². The van der Waals surface area contributed by atoms with Crippen molar-refractivity contribution in [3.05, 3.63) is 56.7 Å². The van der Waals surface area contributed by atoms with Crippen molar-refractivity contribution in [1.82, 2.24) is 9.97 Å². The number of aromatic nitrogens is 2. The molecule has 0 saturated carbocycles. The SMILES string of the molecule is CCCc1c(N2CCN(c3ccccc3)CC2)[nH]c(=O)[nH]c1=O. The van der Waals surface area contributed by atoms with E-state index in [2.05, 4.69) is 31.9 Å². The van der Waals surface area contributed by atoms with Crippen LogP contribution in [0.5, 0.6) is 0 Å². The maximum Gasteiger partial charge on any atom is 0.327 e. The first-order valence-electron chi connectivity index (χ1n) is 8.09. The molecule has 0 bridgehead atoms. The van der Waals surface area contributed by atoms with E-state index in [9.17, 15) is 9.59 Å². The normalized spacial score (nSPS) is 15.0. The van der Waals surface area contributed by atoms with Gasteiger partial charge in [0.15, 0.2) is 0 Å². The van der Waals surface area contributed by atoms with Crippen LogP contribution < -0.4 is 21.0 Å². The van der Waals surface area contributed by atoms with Gasteiger partial charge in [-0.25, -0.2) is 4.79 Å². The second-order valence-corrected chi connectivity index (χ2v) is 5.80. The first-order chi connectivity index (χ1) is 11.2. The lowest BCUT2D eigenvalue weighted by atomic mass is 10.1. The van der Waals surface area contributed by atoms with E-state index < -0.39 is 5.69 Å². The third-order valence-corrected chi connectivity index (χ3v) is 4.24. The van der Waals surface area contributed by atoms with Crippen molar-refractivity contribution in [2.45, 2.75) is 19.8 Å². The molecule has 6 heteroatoms. The van der Waals surface area contributed by atoms with Gasteiger partial charge in [0, 0.05) is 31.9 Å². The van der Waals surface area contributed by atoms with Crippen LogP contribution >= 0.6 is 0 Å². The van der Waals surface area contributed by atoms with Gasteiger partial charge in [-0.15, -0.1) is 0 Å². The van der Waals surface area contributed by atoms with Crippen molar-refractivity contribution in [1.29, 1.82) is 0 Å². The average Bonchev–Trinajstić information content (AvgIpc) is 2.58. The first-order valence-corrected chi connectivity index (χ1v) is 8.09. The second-order valence-electron chi connectivity index (χ2n) is 5.80. The Labute approximate surface area is 134 Å². The fourth-order valence-corrected chi connectivity index (χ4v) is 3.08. The number of hydrogen-bond acceptors (Lipinski definition) is 4. The van der Waals surface area contributed by atoms with Gasteiger partial charge in [-0.3, -0.25) is 14.8 Å². The van der Waals surface area contributed by atoms with E-state index >= 15 is 0 Å². The van der Waals surface area contributed by atoms with Crippen molar-refractivity contribution in [3.8, 4) is 0 Å². The van der Waals surface area contributed by atoms with Gasteiger partial charge in [0.1, 0.15) is 5.82 Å². The molecule has 0 spiro atoms. The standard InChI is InChI=1S/C17H22N4O2/c1-2-6-14-15(18-17(23)19-16(14)22)21-11-9-20(10-12-21)13-7-4-3-5-8-13/h3-5,7-8H,2,6,9-12H2,1H3,(H2,18,19,22,23). The van der Waals surface area contributed by atoms with Gasteiger partial charge in [0.05, 0.1) is 5.56 Å². The highest BCUT2D eigenvalue weighted by atomic mass is 16.2. The number of hydrogen-bond donors (Lipinski definition) is 2. The monoisotopic (exact) mass is 314 g/mol. The fraction of sp³-hybridized carbons (Fsp3) is 0.412. The molecule has 6 nitrogen and oxygen atoms in total. The number of para-hydroxylation sites is 1. The number of aromatic amines is 2. The molecule has 1 aliphatic rings. The van der Waals surface area contributed by atoms with Crippen molar-refractivity contribution in [2.24, 2.45) is 0 Å². The predicted molar refractivity (Wildman–Crippen MR) is 92.5 cm³/mol. The third kappa shape index (κ3) is 3.31. The number of piperazine rings is 1. The number of H-pyrrole nitrogens is 2. The lowest BCUT2D eigenvalue weighted by molar-refractivity contribution is 0.640. The summed E-state index contributed by atoms with van der Waals surface area (Å²) >= 11 is 0. The zero-order chi connectivity index (χ0) is 16.2. The summed E-state index contributed by atoms with van der Waals surface area (Å²) in [5.74, 6) is 0.688. The fourth-order valence-electron chi connectivity index (χ4n) is 3.08. The number of rotatable bonds is 4. The minimum Gasteiger partial charge on any atom is -0.368 e. The van der Waals surface area contributed by atoms with Crippen molar-refractivity contribution in [2.75, 3.05) is 36.0 Å². The molecule has 2 heterocycles. The number of nitrogens with one attached hydrogen (secondary N) is 2. The van der Waals surface area contributed by atoms with Gasteiger partial charge in [-0.1, -0.05) is 31.5 Å². The molecular weight excluding hydrogens is 292 g/mol. The smallest absolute Gasteiger partial charge is 0.327 e. The molecular formula is C17H22N4O2. The Balaban J connectivity index is 1.80. The topological polar surface area (TPSA) is 72.2 Å². The Morgan fingerprint density at radius 2 is 1.61 bits per heavy atom. The van der Waals surface area contributed by atoms with Gasteiger partial charge in [0.2, 0.25) is 0 Å². The van der Waals surface area contributed by atoms with E-state index in [1.165, 1.54) is 5.69 Å². The molecule has 3 rings (SSSR count). The van der Waals surface area contributed by atoms with Crippen molar-refractivity contribution >= 4 is 11.5 Å². The summed E-state index contributed by atoms with van der Waals surface area (Å²) in [7, 11) is 0. The van der Waals surface area contributed by atoms with Crippen LogP contribution in [0.1, 0.15) is 18.9 Å². The molecule has 1 saturated heterocycles. The molecule has 122 valence electrons. The van der Waals surface area contributed by atoms with Gasteiger partial charge in [-0.05, 0) is 18.6 Å². The second kappa shape index (κ2) is 6.73. The maximum absolute atomic E-state index is 12.1. The Kier molecular flexibility index (Phi) is 4.50. The molecule has 1 aromatic heterocycles. The minimum atomic E-state index is -0.435. The van der Waals surface area contributed by atoms with E-state index in [0.717, 1.165) is 32.6 Å². The molecule has 23 heavy (non-hydrogen) atoms. The number of anilines is 2. The number of benzene rings is 1. The molecule has 0 radical (unpaired) electrons. The zero-order valence-electron chi connectivity index (χ0n) is 13.3. The summed E-state index contributed by atoms with van der Waals surface area (Å²) in [6.45, 7) is 5.33. The average molecular weight is 314 g/mol. The van der Waals surface area contributed by atoms with Crippen LogP contribution in [0.4, 0.5) is 11.5 Å². The van der Waals surface area contributed by atoms with E-state index in [-0.39, 0.29) is 5.56 Å². The van der Waals surface area contributed by atoms with E-state index in [0.29, 0.717) is 17.8 Å². The Morgan fingerprint density at radius 1 is 0.957 bits per heavy atom. The Bertz CT molecular complexity index is 758. The highest BCUT2D eigenvalue weighted by molar-refractivity contribution is 5.51. The quantitative estimate of drug-likeness (QED) is 0.893. The summed E-state index contributed by atoms with van der Waals surface area (Å²) in [5.41, 5.74) is 1.19. The summed E-state index contributed by atoms with van der Waals surface area (Å²) in [4.78, 5) is 33.3. The molecule has 1 aliphatic heterocycles. The van der Waals surface area contributed by atoms with E-state index in [4.69, 9.17) is 0 Å². The Morgan fingerprint density at radius 3 is 2.26 bits per heavy atom. The summed E-state index contributed by atoms with van der Waals surface area (Å²) in [5, 5.41) is 0. The molecule has 2 aromatic rings. The largest absolute Gasteiger partial charge is 0.368 e. The van der Waals surface area contributed by atoms with Crippen molar-refractivity contribution in [3.63, 3.8) is 0 Å². The van der Waals surface area contributed by atoms with Crippen LogP contribution in [0, 0.1) is 0 Å². The Hall–Kier alpha value is -2.50. The summed E-state index contributed by atoms with van der Waals surface area (Å²) in [6.07, 6.45) is 1.53. The molecule has 1 fully saturated rings. The molecule has 2 N–H and O–H groups in total. The van der Waals surface area contributed by atoms with Crippen LogP contribution in [0.2, 0.25) is 0 Å². The summed E-state index contributed by atoms with van der Waals surface area (Å²) in [6, 6.07) is 10.3. The highest BCUT2D eigenvalue weighted by Crippen LogP contribution is 2.20. The van der Waals surface area contributed by atoms with Gasteiger partial charge in [-0.2, -0.15) is 0 Å². The molecule has 0 unspecified atom stereocenters. The molecule has 1 aromatic carbocycles.